The van der Waals surface area contributed by atoms with E-state index in [2.05, 4.69) is 14.9 Å². The first-order chi connectivity index (χ1) is 15.2. The van der Waals surface area contributed by atoms with Crippen LogP contribution in [0.15, 0.2) is 47.4 Å². The van der Waals surface area contributed by atoms with Crippen LogP contribution in [-0.2, 0) is 24.3 Å². The van der Waals surface area contributed by atoms with Crippen LogP contribution in [0.4, 0.5) is 11.4 Å². The zero-order valence-corrected chi connectivity index (χ0v) is 19.5. The monoisotopic (exact) mass is 479 g/mol. The van der Waals surface area contributed by atoms with Crippen LogP contribution in [-0.4, -0.2) is 46.0 Å². The van der Waals surface area contributed by atoms with Gasteiger partial charge in [0.1, 0.15) is 6.04 Å². The van der Waals surface area contributed by atoms with Crippen molar-refractivity contribution in [3.05, 3.63) is 53.1 Å². The number of anilines is 2. The summed E-state index contributed by atoms with van der Waals surface area (Å²) in [5.41, 5.74) is 2.65. The number of nitrogens with one attached hydrogen (secondary N) is 2. The van der Waals surface area contributed by atoms with Gasteiger partial charge in [0, 0.05) is 29.5 Å². The molecule has 0 aromatic heterocycles. The third kappa shape index (κ3) is 6.21. The average Bonchev–Trinajstić information content (AvgIpc) is 3.28. The summed E-state index contributed by atoms with van der Waals surface area (Å²) < 4.78 is 31.9. The number of nitrogens with zero attached hydrogens (tertiary/aromatic N) is 1. The molecule has 1 atom stereocenters. The van der Waals surface area contributed by atoms with Crippen molar-refractivity contribution in [2.45, 2.75) is 37.6 Å². The first kappa shape index (κ1) is 24.0. The molecule has 8 nitrogen and oxygen atoms in total. The lowest BCUT2D eigenvalue weighted by atomic mass is 10.1. The molecular formula is C22H26ClN3O5S. The fourth-order valence-corrected chi connectivity index (χ4v) is 4.69. The Labute approximate surface area is 192 Å². The molecule has 172 valence electrons. The number of rotatable bonds is 8. The molecular weight excluding hydrogens is 454 g/mol. The molecule has 1 heterocycles. The molecule has 1 saturated heterocycles. The molecule has 32 heavy (non-hydrogen) atoms. The molecule has 0 radical (unpaired) electrons. The zero-order valence-electron chi connectivity index (χ0n) is 17.9. The van der Waals surface area contributed by atoms with Crippen molar-refractivity contribution >= 4 is 44.9 Å². The van der Waals surface area contributed by atoms with Crippen molar-refractivity contribution in [1.82, 2.24) is 4.72 Å². The molecule has 1 aliphatic rings. The van der Waals surface area contributed by atoms with Crippen molar-refractivity contribution in [2.24, 2.45) is 0 Å². The average molecular weight is 480 g/mol. The Bertz CT molecular complexity index is 1080. The molecule has 2 N–H and O–H groups in total. The third-order valence-corrected chi connectivity index (χ3v) is 6.92. The fourth-order valence-electron chi connectivity index (χ4n) is 3.37. The minimum Gasteiger partial charge on any atom is -0.454 e. The van der Waals surface area contributed by atoms with E-state index < -0.39 is 34.5 Å². The quantitative estimate of drug-likeness (QED) is 0.564. The standard InChI is InChI=1S/C22H26ClN3O5S/c1-15-13-18(26-11-3-4-12-26)7-10-20(15)24-21(27)14-31-22(28)16(2)25-32(29,30)19-8-5-17(23)6-9-19/h5-10,13,16,25H,3-4,11-12,14H2,1-2H3,(H,24,27)/t16-/m0/s1. The first-order valence-electron chi connectivity index (χ1n) is 10.3. The van der Waals surface area contributed by atoms with Gasteiger partial charge < -0.3 is 15.0 Å². The lowest BCUT2D eigenvalue weighted by Gasteiger charge is -2.19. The summed E-state index contributed by atoms with van der Waals surface area (Å²) in [6, 6.07) is 10.1. The van der Waals surface area contributed by atoms with Crippen molar-refractivity contribution < 1.29 is 22.7 Å². The lowest BCUT2D eigenvalue weighted by molar-refractivity contribution is -0.148. The van der Waals surface area contributed by atoms with E-state index in [0.29, 0.717) is 10.7 Å². The molecule has 1 fully saturated rings. The van der Waals surface area contributed by atoms with Gasteiger partial charge in [-0.3, -0.25) is 9.59 Å². The van der Waals surface area contributed by atoms with E-state index in [9.17, 15) is 18.0 Å². The van der Waals surface area contributed by atoms with Crippen molar-refractivity contribution in [1.29, 1.82) is 0 Å². The maximum Gasteiger partial charge on any atom is 0.324 e. The Morgan fingerprint density at radius 2 is 1.78 bits per heavy atom. The van der Waals surface area contributed by atoms with Crippen LogP contribution >= 0.6 is 11.6 Å². The highest BCUT2D eigenvalue weighted by molar-refractivity contribution is 7.89. The number of esters is 1. The van der Waals surface area contributed by atoms with Gasteiger partial charge in [0.25, 0.3) is 5.91 Å². The minimum absolute atomic E-state index is 0.0351. The smallest absolute Gasteiger partial charge is 0.324 e. The lowest BCUT2D eigenvalue weighted by Crippen LogP contribution is -2.40. The number of aryl methyl sites for hydroxylation is 1. The van der Waals surface area contributed by atoms with Gasteiger partial charge in [-0.1, -0.05) is 11.6 Å². The van der Waals surface area contributed by atoms with E-state index in [-0.39, 0.29) is 4.90 Å². The van der Waals surface area contributed by atoms with Gasteiger partial charge in [-0.2, -0.15) is 4.72 Å². The second-order valence-corrected chi connectivity index (χ2v) is 9.80. The van der Waals surface area contributed by atoms with Crippen molar-refractivity contribution in [2.75, 3.05) is 29.9 Å². The topological polar surface area (TPSA) is 105 Å². The summed E-state index contributed by atoms with van der Waals surface area (Å²) in [6.07, 6.45) is 2.36. The molecule has 0 aliphatic carbocycles. The van der Waals surface area contributed by atoms with Crippen molar-refractivity contribution in [3.63, 3.8) is 0 Å². The molecule has 0 spiro atoms. The number of sulfonamides is 1. The Kier molecular flexibility index (Phi) is 7.76. The van der Waals surface area contributed by atoms with Gasteiger partial charge in [0.15, 0.2) is 6.61 Å². The van der Waals surface area contributed by atoms with E-state index in [1.165, 1.54) is 44.0 Å². The van der Waals surface area contributed by atoms with Crippen LogP contribution in [0.25, 0.3) is 0 Å². The van der Waals surface area contributed by atoms with E-state index >= 15 is 0 Å². The van der Waals surface area contributed by atoms with Gasteiger partial charge in [-0.15, -0.1) is 0 Å². The van der Waals surface area contributed by atoms with Gasteiger partial charge in [0.05, 0.1) is 4.90 Å². The summed E-state index contributed by atoms with van der Waals surface area (Å²) in [7, 11) is -3.94. The van der Waals surface area contributed by atoms with Crippen LogP contribution in [0.5, 0.6) is 0 Å². The van der Waals surface area contributed by atoms with E-state index in [4.69, 9.17) is 16.3 Å². The highest BCUT2D eigenvalue weighted by Crippen LogP contribution is 2.25. The van der Waals surface area contributed by atoms with Crippen LogP contribution in [0.1, 0.15) is 25.3 Å². The number of carbonyl (C=O) groups excluding carboxylic acids is 2. The largest absolute Gasteiger partial charge is 0.454 e. The highest BCUT2D eigenvalue weighted by Gasteiger charge is 2.24. The predicted molar refractivity (Wildman–Crippen MR) is 123 cm³/mol. The van der Waals surface area contributed by atoms with Gasteiger partial charge >= 0.3 is 5.97 Å². The molecule has 1 aliphatic heterocycles. The molecule has 10 heteroatoms. The second-order valence-electron chi connectivity index (χ2n) is 7.65. The Morgan fingerprint density at radius 1 is 1.12 bits per heavy atom. The normalized spacial score (nSPS) is 14.8. The maximum absolute atomic E-state index is 12.4. The highest BCUT2D eigenvalue weighted by atomic mass is 35.5. The predicted octanol–water partition coefficient (Wildman–Crippen LogP) is 3.10. The van der Waals surface area contributed by atoms with Crippen LogP contribution in [0.3, 0.4) is 0 Å². The van der Waals surface area contributed by atoms with Gasteiger partial charge in [-0.05, 0) is 74.7 Å². The summed E-state index contributed by atoms with van der Waals surface area (Å²) in [4.78, 5) is 26.7. The molecule has 3 rings (SSSR count). The minimum atomic E-state index is -3.94. The summed E-state index contributed by atoms with van der Waals surface area (Å²) in [5.74, 6) is -1.37. The van der Waals surface area contributed by atoms with Crippen LogP contribution in [0.2, 0.25) is 5.02 Å². The molecule has 0 saturated carbocycles. The number of ether oxygens (including phenoxy) is 1. The molecule has 0 bridgehead atoms. The fraction of sp³-hybridized carbons (Fsp3) is 0.364. The first-order valence-corrected chi connectivity index (χ1v) is 12.1. The van der Waals surface area contributed by atoms with Crippen LogP contribution in [0, 0.1) is 6.92 Å². The van der Waals surface area contributed by atoms with Gasteiger partial charge in [0.2, 0.25) is 10.0 Å². The summed E-state index contributed by atoms with van der Waals surface area (Å²) >= 11 is 5.76. The third-order valence-electron chi connectivity index (χ3n) is 5.11. The maximum atomic E-state index is 12.4. The number of benzene rings is 2. The van der Waals surface area contributed by atoms with E-state index in [0.717, 1.165) is 24.3 Å². The number of carbonyl (C=O) groups is 2. The second kappa shape index (κ2) is 10.3. The van der Waals surface area contributed by atoms with E-state index in [1.807, 2.05) is 25.1 Å². The van der Waals surface area contributed by atoms with Crippen molar-refractivity contribution in [3.8, 4) is 0 Å². The number of amides is 1. The van der Waals surface area contributed by atoms with Gasteiger partial charge in [-0.25, -0.2) is 8.42 Å². The molecule has 2 aromatic rings. The summed E-state index contributed by atoms with van der Waals surface area (Å²) in [5, 5.41) is 3.11. The Morgan fingerprint density at radius 3 is 2.41 bits per heavy atom. The Hall–Kier alpha value is -2.62. The number of halogens is 1. The summed E-state index contributed by atoms with van der Waals surface area (Å²) in [6.45, 7) is 4.77. The van der Waals surface area contributed by atoms with Crippen LogP contribution < -0.4 is 14.9 Å². The Balaban J connectivity index is 1.50. The number of hydrogen-bond donors (Lipinski definition) is 2. The zero-order chi connectivity index (χ0) is 23.3. The van der Waals surface area contributed by atoms with E-state index in [1.54, 1.807) is 0 Å². The number of hydrogen-bond acceptors (Lipinski definition) is 6. The molecule has 0 unspecified atom stereocenters. The SMILES string of the molecule is Cc1cc(N2CCCC2)ccc1NC(=O)COC(=O)[C@H](C)NS(=O)(=O)c1ccc(Cl)cc1. The molecule has 2 aromatic carbocycles. The molecule has 1 amide bonds.